The minimum atomic E-state index is -0.205. The molecule has 122 valence electrons. The molecule has 23 heavy (non-hydrogen) atoms. The van der Waals surface area contributed by atoms with Crippen molar-refractivity contribution < 1.29 is 9.53 Å². The number of rotatable bonds is 7. The largest absolute Gasteiger partial charge is 0.492 e. The fraction of sp³-hybridized carbons (Fsp3) is 0.278. The van der Waals surface area contributed by atoms with Gasteiger partial charge in [0.15, 0.2) is 0 Å². The molecule has 2 aromatic carbocycles. The normalized spacial score (nSPS) is 10.2. The minimum absolute atomic E-state index is 0.205. The second-order valence-electron chi connectivity index (χ2n) is 5.02. The van der Waals surface area contributed by atoms with E-state index in [0.29, 0.717) is 30.3 Å². The number of anilines is 1. The molecule has 4 nitrogen and oxygen atoms in total. The van der Waals surface area contributed by atoms with E-state index >= 15 is 0 Å². The Balaban J connectivity index is 1.68. The fourth-order valence-corrected chi connectivity index (χ4v) is 2.33. The summed E-state index contributed by atoms with van der Waals surface area (Å²) in [7, 11) is 0. The molecule has 0 radical (unpaired) electrons. The van der Waals surface area contributed by atoms with E-state index in [9.17, 15) is 4.79 Å². The average Bonchev–Trinajstić information content (AvgIpc) is 2.56. The number of para-hydroxylation sites is 2. The number of hydrogen-bond acceptors (Lipinski definition) is 2. The molecule has 0 fully saturated rings. The Kier molecular flexibility index (Phi) is 6.76. The van der Waals surface area contributed by atoms with Crippen molar-refractivity contribution >= 4 is 23.3 Å². The standard InChI is InChI=1S/C18H21ClN2O2/c1-2-14-8-3-5-10-16(14)21-18(22)20-12-7-13-23-17-11-6-4-9-15(17)19/h3-6,8-11H,2,7,12-13H2,1H3,(H2,20,21,22). The summed E-state index contributed by atoms with van der Waals surface area (Å²) in [5.41, 5.74) is 1.96. The van der Waals surface area contributed by atoms with E-state index in [-0.39, 0.29) is 6.03 Å². The fourth-order valence-electron chi connectivity index (χ4n) is 2.14. The second-order valence-corrected chi connectivity index (χ2v) is 5.43. The van der Waals surface area contributed by atoms with Gasteiger partial charge in [0.25, 0.3) is 0 Å². The molecule has 0 bridgehead atoms. The van der Waals surface area contributed by atoms with Crippen LogP contribution in [0.2, 0.25) is 5.02 Å². The zero-order valence-electron chi connectivity index (χ0n) is 13.1. The molecule has 0 saturated heterocycles. The molecule has 2 rings (SSSR count). The lowest BCUT2D eigenvalue weighted by molar-refractivity contribution is 0.250. The maximum atomic E-state index is 11.9. The van der Waals surface area contributed by atoms with Crippen molar-refractivity contribution in [3.8, 4) is 5.75 Å². The van der Waals surface area contributed by atoms with Crippen LogP contribution in [0.5, 0.6) is 5.75 Å². The molecule has 2 amide bonds. The monoisotopic (exact) mass is 332 g/mol. The van der Waals surface area contributed by atoms with Crippen LogP contribution in [-0.4, -0.2) is 19.2 Å². The molecule has 0 aliphatic rings. The first-order chi connectivity index (χ1) is 11.2. The number of aryl methyl sites for hydroxylation is 1. The Labute approximate surface area is 141 Å². The van der Waals surface area contributed by atoms with Crippen molar-refractivity contribution in [1.29, 1.82) is 0 Å². The number of nitrogens with one attached hydrogen (secondary N) is 2. The molecular formula is C18H21ClN2O2. The molecule has 0 saturated carbocycles. The molecule has 5 heteroatoms. The van der Waals surface area contributed by atoms with E-state index in [1.165, 1.54) is 0 Å². The molecule has 0 spiro atoms. The molecule has 0 aromatic heterocycles. The molecule has 2 aromatic rings. The van der Waals surface area contributed by atoms with Gasteiger partial charge in [0, 0.05) is 12.2 Å². The minimum Gasteiger partial charge on any atom is -0.492 e. The highest BCUT2D eigenvalue weighted by molar-refractivity contribution is 6.32. The first-order valence-corrected chi connectivity index (χ1v) is 8.08. The van der Waals surface area contributed by atoms with Gasteiger partial charge in [0.05, 0.1) is 11.6 Å². The van der Waals surface area contributed by atoms with Gasteiger partial charge in [0.1, 0.15) is 5.75 Å². The number of ether oxygens (including phenoxy) is 1. The van der Waals surface area contributed by atoms with E-state index < -0.39 is 0 Å². The molecule has 0 aliphatic heterocycles. The highest BCUT2D eigenvalue weighted by Crippen LogP contribution is 2.23. The number of carbonyl (C=O) groups is 1. The summed E-state index contributed by atoms with van der Waals surface area (Å²) < 4.78 is 5.57. The third-order valence-corrected chi connectivity index (χ3v) is 3.66. The molecular weight excluding hydrogens is 312 g/mol. The predicted octanol–water partition coefficient (Wildman–Crippen LogP) is 4.49. The van der Waals surface area contributed by atoms with Crippen molar-refractivity contribution in [2.75, 3.05) is 18.5 Å². The summed E-state index contributed by atoms with van der Waals surface area (Å²) in [6, 6.07) is 14.9. The maximum Gasteiger partial charge on any atom is 0.319 e. The van der Waals surface area contributed by atoms with Crippen molar-refractivity contribution in [2.24, 2.45) is 0 Å². The van der Waals surface area contributed by atoms with Crippen LogP contribution >= 0.6 is 11.6 Å². The van der Waals surface area contributed by atoms with Crippen LogP contribution in [0.15, 0.2) is 48.5 Å². The van der Waals surface area contributed by atoms with Gasteiger partial charge in [0.2, 0.25) is 0 Å². The Bertz CT molecular complexity index is 646. The first kappa shape index (κ1) is 17.2. The number of halogens is 1. The van der Waals surface area contributed by atoms with Crippen molar-refractivity contribution in [1.82, 2.24) is 5.32 Å². The Morgan fingerprint density at radius 2 is 1.87 bits per heavy atom. The zero-order chi connectivity index (χ0) is 16.5. The van der Waals surface area contributed by atoms with Gasteiger partial charge >= 0.3 is 6.03 Å². The summed E-state index contributed by atoms with van der Waals surface area (Å²) in [6.07, 6.45) is 1.58. The van der Waals surface area contributed by atoms with Gasteiger partial charge in [-0.3, -0.25) is 0 Å². The number of urea groups is 1. The van der Waals surface area contributed by atoms with Crippen LogP contribution in [0.1, 0.15) is 18.9 Å². The van der Waals surface area contributed by atoms with Gasteiger partial charge in [-0.05, 0) is 36.6 Å². The maximum absolute atomic E-state index is 11.9. The van der Waals surface area contributed by atoms with Crippen LogP contribution in [0.3, 0.4) is 0 Å². The zero-order valence-corrected chi connectivity index (χ0v) is 13.9. The molecule has 0 unspecified atom stereocenters. The first-order valence-electron chi connectivity index (χ1n) is 7.70. The number of amides is 2. The van der Waals surface area contributed by atoms with E-state index in [4.69, 9.17) is 16.3 Å². The summed E-state index contributed by atoms with van der Waals surface area (Å²) in [6.45, 7) is 3.09. The van der Waals surface area contributed by atoms with Crippen LogP contribution in [0.25, 0.3) is 0 Å². The van der Waals surface area contributed by atoms with Gasteiger partial charge in [-0.1, -0.05) is 48.9 Å². The highest BCUT2D eigenvalue weighted by Gasteiger charge is 2.04. The second kappa shape index (κ2) is 9.06. The number of benzene rings is 2. The van der Waals surface area contributed by atoms with E-state index in [1.807, 2.05) is 42.5 Å². The third kappa shape index (κ3) is 5.49. The van der Waals surface area contributed by atoms with Crippen LogP contribution in [-0.2, 0) is 6.42 Å². The van der Waals surface area contributed by atoms with Crippen molar-refractivity contribution in [3.05, 3.63) is 59.1 Å². The molecule has 0 heterocycles. The number of hydrogen-bond donors (Lipinski definition) is 2. The topological polar surface area (TPSA) is 50.4 Å². The summed E-state index contributed by atoms with van der Waals surface area (Å²) in [4.78, 5) is 11.9. The Hall–Kier alpha value is -2.20. The van der Waals surface area contributed by atoms with Crippen LogP contribution in [0, 0.1) is 0 Å². The van der Waals surface area contributed by atoms with Crippen LogP contribution < -0.4 is 15.4 Å². The lowest BCUT2D eigenvalue weighted by atomic mass is 10.1. The number of carbonyl (C=O) groups excluding carboxylic acids is 1. The molecule has 2 N–H and O–H groups in total. The van der Waals surface area contributed by atoms with Gasteiger partial charge in [-0.15, -0.1) is 0 Å². The lowest BCUT2D eigenvalue weighted by Gasteiger charge is -2.11. The van der Waals surface area contributed by atoms with Crippen molar-refractivity contribution in [3.63, 3.8) is 0 Å². The molecule has 0 atom stereocenters. The van der Waals surface area contributed by atoms with Gasteiger partial charge < -0.3 is 15.4 Å². The SMILES string of the molecule is CCc1ccccc1NC(=O)NCCCOc1ccccc1Cl. The van der Waals surface area contributed by atoms with E-state index in [2.05, 4.69) is 17.6 Å². The van der Waals surface area contributed by atoms with Gasteiger partial charge in [-0.25, -0.2) is 4.79 Å². The Morgan fingerprint density at radius 1 is 1.13 bits per heavy atom. The summed E-state index contributed by atoms with van der Waals surface area (Å²) >= 11 is 6.00. The summed E-state index contributed by atoms with van der Waals surface area (Å²) in [5, 5.41) is 6.28. The lowest BCUT2D eigenvalue weighted by Crippen LogP contribution is -2.30. The average molecular weight is 333 g/mol. The third-order valence-electron chi connectivity index (χ3n) is 3.35. The Morgan fingerprint density at radius 3 is 2.65 bits per heavy atom. The summed E-state index contributed by atoms with van der Waals surface area (Å²) in [5.74, 6) is 0.662. The van der Waals surface area contributed by atoms with Crippen LogP contribution in [0.4, 0.5) is 10.5 Å². The van der Waals surface area contributed by atoms with E-state index in [0.717, 1.165) is 17.7 Å². The van der Waals surface area contributed by atoms with Crippen molar-refractivity contribution in [2.45, 2.75) is 19.8 Å². The molecule has 0 aliphatic carbocycles. The van der Waals surface area contributed by atoms with Gasteiger partial charge in [-0.2, -0.15) is 0 Å². The van der Waals surface area contributed by atoms with E-state index in [1.54, 1.807) is 6.07 Å². The smallest absolute Gasteiger partial charge is 0.319 e. The predicted molar refractivity (Wildman–Crippen MR) is 94.4 cm³/mol. The highest BCUT2D eigenvalue weighted by atomic mass is 35.5. The quantitative estimate of drug-likeness (QED) is 0.734.